The number of nitrogens with one attached hydrogen (secondary N) is 1. The predicted octanol–water partition coefficient (Wildman–Crippen LogP) is 3.43. The molecule has 0 bridgehead atoms. The summed E-state index contributed by atoms with van der Waals surface area (Å²) in [5, 5.41) is 0. The summed E-state index contributed by atoms with van der Waals surface area (Å²) in [7, 11) is -3.98. The molecule has 0 saturated carbocycles. The topological polar surface area (TPSA) is 89.0 Å². The average molecular weight is 409 g/mol. The number of hydrogen-bond donors (Lipinski definition) is 1. The molecule has 0 aliphatic carbocycles. The molecule has 0 aliphatic heterocycles. The summed E-state index contributed by atoms with van der Waals surface area (Å²) in [6.45, 7) is 1.58. The lowest BCUT2D eigenvalue weighted by atomic mass is 10.0. The van der Waals surface area contributed by atoms with E-state index >= 15 is 0 Å². The van der Waals surface area contributed by atoms with Gasteiger partial charge in [0.2, 0.25) is 10.0 Å². The van der Waals surface area contributed by atoms with E-state index in [0.29, 0.717) is 17.1 Å². The van der Waals surface area contributed by atoms with Crippen LogP contribution in [0.5, 0.6) is 0 Å². The molecule has 1 aromatic heterocycles. The number of benzene rings is 2. The van der Waals surface area contributed by atoms with Crippen molar-refractivity contribution in [1.82, 2.24) is 9.97 Å². The quantitative estimate of drug-likeness (QED) is 0.498. The van der Waals surface area contributed by atoms with Gasteiger partial charge in [-0.15, -0.1) is 0 Å². The second-order valence-electron chi connectivity index (χ2n) is 5.92. The molecule has 3 aromatic rings. The smallest absolute Gasteiger partial charge is 0.232 e. The van der Waals surface area contributed by atoms with E-state index in [1.807, 2.05) is 4.72 Å². The summed E-state index contributed by atoms with van der Waals surface area (Å²) in [5.41, 5.74) is -1.44. The van der Waals surface area contributed by atoms with Gasteiger partial charge in [-0.25, -0.2) is 21.6 Å². The minimum atomic E-state index is -3.98. The van der Waals surface area contributed by atoms with E-state index in [2.05, 4.69) is 9.97 Å². The van der Waals surface area contributed by atoms with Crippen LogP contribution in [0.4, 0.5) is 18.9 Å². The summed E-state index contributed by atoms with van der Waals surface area (Å²) in [4.78, 5) is 20.7. The van der Waals surface area contributed by atoms with Crippen LogP contribution in [-0.4, -0.2) is 29.9 Å². The van der Waals surface area contributed by atoms with Crippen LogP contribution in [0.15, 0.2) is 36.7 Å². The van der Waals surface area contributed by atoms with Gasteiger partial charge in [0.25, 0.3) is 0 Å². The monoisotopic (exact) mass is 409 g/mol. The second-order valence-corrected chi connectivity index (χ2v) is 7.76. The van der Waals surface area contributed by atoms with Crippen molar-refractivity contribution in [3.05, 3.63) is 65.2 Å². The molecule has 0 radical (unpaired) electrons. The second kappa shape index (κ2) is 7.55. The molecular formula is C18H14F3N3O3S. The first kappa shape index (κ1) is 19.7. The molecule has 0 fully saturated rings. The Morgan fingerprint density at radius 2 is 1.71 bits per heavy atom. The Kier molecular flexibility index (Phi) is 5.32. The fraction of sp³-hybridized carbons (Fsp3) is 0.167. The number of rotatable bonds is 6. The highest BCUT2D eigenvalue weighted by molar-refractivity contribution is 7.92. The number of anilines is 1. The molecule has 146 valence electrons. The SMILES string of the molecule is CCCS(=O)(=O)Nc1cc(F)c(F)c(C(=O)c2ccc3nccnc3c2)c1F. The standard InChI is InChI=1S/C18H14F3N3O3S/c1-2-7-28(26,27)24-14-9-11(19)16(20)15(17(14)21)18(25)10-3-4-12-13(8-10)23-6-5-22-12/h3-6,8-9,24H,2,7H2,1H3. The van der Waals surface area contributed by atoms with Gasteiger partial charge in [0.1, 0.15) is 0 Å². The van der Waals surface area contributed by atoms with E-state index in [1.165, 1.54) is 30.6 Å². The van der Waals surface area contributed by atoms with Crippen LogP contribution in [0.25, 0.3) is 11.0 Å². The molecule has 0 saturated heterocycles. The maximum atomic E-state index is 14.8. The molecule has 0 atom stereocenters. The van der Waals surface area contributed by atoms with Crippen molar-refractivity contribution in [3.8, 4) is 0 Å². The normalized spacial score (nSPS) is 11.6. The fourth-order valence-electron chi connectivity index (χ4n) is 2.61. The van der Waals surface area contributed by atoms with E-state index in [9.17, 15) is 26.4 Å². The minimum absolute atomic E-state index is 0.154. The van der Waals surface area contributed by atoms with Crippen molar-refractivity contribution >= 4 is 32.5 Å². The summed E-state index contributed by atoms with van der Waals surface area (Å²) in [5.74, 6) is -6.27. The summed E-state index contributed by atoms with van der Waals surface area (Å²) in [6.07, 6.45) is 3.04. The zero-order valence-corrected chi connectivity index (χ0v) is 15.4. The third-order valence-electron chi connectivity index (χ3n) is 3.85. The van der Waals surface area contributed by atoms with Crippen LogP contribution < -0.4 is 4.72 Å². The van der Waals surface area contributed by atoms with E-state index in [4.69, 9.17) is 0 Å². The van der Waals surface area contributed by atoms with Gasteiger partial charge in [-0.1, -0.05) is 6.92 Å². The van der Waals surface area contributed by atoms with Crippen LogP contribution in [0.3, 0.4) is 0 Å². The molecule has 0 spiro atoms. The van der Waals surface area contributed by atoms with Gasteiger partial charge in [-0.2, -0.15) is 0 Å². The van der Waals surface area contributed by atoms with Crippen LogP contribution in [0.1, 0.15) is 29.3 Å². The predicted molar refractivity (Wildman–Crippen MR) is 97.0 cm³/mol. The lowest BCUT2D eigenvalue weighted by Crippen LogP contribution is -2.19. The highest BCUT2D eigenvalue weighted by Crippen LogP contribution is 2.27. The minimum Gasteiger partial charge on any atom is -0.288 e. The number of nitrogens with zero attached hydrogens (tertiary/aromatic N) is 2. The molecule has 2 aromatic carbocycles. The van der Waals surface area contributed by atoms with E-state index in [0.717, 1.165) is 0 Å². The van der Waals surface area contributed by atoms with Gasteiger partial charge in [-0.05, 0) is 24.6 Å². The zero-order valence-electron chi connectivity index (χ0n) is 14.5. The number of ketones is 1. The van der Waals surface area contributed by atoms with Crippen LogP contribution >= 0.6 is 0 Å². The average Bonchev–Trinajstić information content (AvgIpc) is 2.65. The van der Waals surface area contributed by atoms with Gasteiger partial charge >= 0.3 is 0 Å². The van der Waals surface area contributed by atoms with Crippen molar-refractivity contribution in [3.63, 3.8) is 0 Å². The molecular weight excluding hydrogens is 395 g/mol. The van der Waals surface area contributed by atoms with Gasteiger partial charge in [-0.3, -0.25) is 19.5 Å². The number of aromatic nitrogens is 2. The Bertz CT molecular complexity index is 1180. The summed E-state index contributed by atoms with van der Waals surface area (Å²) >= 11 is 0. The van der Waals surface area contributed by atoms with Gasteiger partial charge in [0, 0.05) is 24.0 Å². The number of carbonyl (C=O) groups excluding carboxylic acids is 1. The molecule has 1 heterocycles. The largest absolute Gasteiger partial charge is 0.288 e. The third kappa shape index (κ3) is 3.81. The maximum absolute atomic E-state index is 14.8. The lowest BCUT2D eigenvalue weighted by Gasteiger charge is -2.12. The Morgan fingerprint density at radius 1 is 1.04 bits per heavy atom. The first-order valence-corrected chi connectivity index (χ1v) is 9.82. The van der Waals surface area contributed by atoms with E-state index in [1.54, 1.807) is 6.92 Å². The van der Waals surface area contributed by atoms with Gasteiger partial charge in [0.15, 0.2) is 23.2 Å². The maximum Gasteiger partial charge on any atom is 0.232 e. The number of fused-ring (bicyclic) bond motifs is 1. The molecule has 10 heteroatoms. The van der Waals surface area contributed by atoms with Crippen molar-refractivity contribution in [2.45, 2.75) is 13.3 Å². The van der Waals surface area contributed by atoms with Crippen molar-refractivity contribution in [2.24, 2.45) is 0 Å². The highest BCUT2D eigenvalue weighted by atomic mass is 32.2. The van der Waals surface area contributed by atoms with E-state index < -0.39 is 44.5 Å². The summed E-state index contributed by atoms with van der Waals surface area (Å²) < 4.78 is 68.5. The molecule has 0 aliphatic rings. The molecule has 0 unspecified atom stereocenters. The van der Waals surface area contributed by atoms with Crippen molar-refractivity contribution < 1.29 is 26.4 Å². The lowest BCUT2D eigenvalue weighted by molar-refractivity contribution is 0.103. The van der Waals surface area contributed by atoms with Gasteiger partial charge < -0.3 is 0 Å². The fourth-order valence-corrected chi connectivity index (χ4v) is 3.74. The summed E-state index contributed by atoms with van der Waals surface area (Å²) in [6, 6.07) is 4.31. The molecule has 6 nitrogen and oxygen atoms in total. The highest BCUT2D eigenvalue weighted by Gasteiger charge is 2.27. The first-order valence-electron chi connectivity index (χ1n) is 8.17. The van der Waals surface area contributed by atoms with Crippen molar-refractivity contribution in [2.75, 3.05) is 10.5 Å². The van der Waals surface area contributed by atoms with Crippen molar-refractivity contribution in [1.29, 1.82) is 0 Å². The Labute approximate surface area is 158 Å². The zero-order chi connectivity index (χ0) is 20.5. The number of carbonyl (C=O) groups is 1. The molecule has 0 amide bonds. The van der Waals surface area contributed by atoms with Gasteiger partial charge in [0.05, 0.1) is 28.0 Å². The number of hydrogen-bond acceptors (Lipinski definition) is 5. The molecule has 28 heavy (non-hydrogen) atoms. The molecule has 3 rings (SSSR count). The third-order valence-corrected chi connectivity index (χ3v) is 5.33. The van der Waals surface area contributed by atoms with E-state index in [-0.39, 0.29) is 17.7 Å². The first-order chi connectivity index (χ1) is 13.2. The van der Waals surface area contributed by atoms with Crippen LogP contribution in [-0.2, 0) is 10.0 Å². The Balaban J connectivity index is 2.10. The Morgan fingerprint density at radius 3 is 2.39 bits per heavy atom. The van der Waals surface area contributed by atoms with Crippen LogP contribution in [0, 0.1) is 17.5 Å². The van der Waals surface area contributed by atoms with Crippen LogP contribution in [0.2, 0.25) is 0 Å². The number of halogens is 3. The molecule has 1 N–H and O–H groups in total. The number of sulfonamides is 1. The Hall–Kier alpha value is -3.01.